The fourth-order valence-electron chi connectivity index (χ4n) is 3.59. The molecule has 0 spiro atoms. The molecule has 1 aliphatic heterocycles. The molecule has 156 valence electrons. The number of carbonyl (C=O) groups excluding carboxylic acids is 1. The molecule has 1 atom stereocenters. The van der Waals surface area contributed by atoms with Crippen molar-refractivity contribution in [2.45, 2.75) is 39.2 Å². The van der Waals surface area contributed by atoms with E-state index in [0.29, 0.717) is 18.3 Å². The Morgan fingerprint density at radius 3 is 2.90 bits per heavy atom. The number of benzene rings is 2. The van der Waals surface area contributed by atoms with Crippen LogP contribution >= 0.6 is 0 Å². The summed E-state index contributed by atoms with van der Waals surface area (Å²) in [6.45, 7) is 5.51. The number of para-hydroxylation sites is 1. The quantitative estimate of drug-likeness (QED) is 0.666. The Bertz CT molecular complexity index is 1000. The van der Waals surface area contributed by atoms with E-state index in [4.69, 9.17) is 9.26 Å². The molecule has 30 heavy (non-hydrogen) atoms. The molecule has 7 heteroatoms. The molecule has 0 radical (unpaired) electrons. The molecule has 1 unspecified atom stereocenters. The van der Waals surface area contributed by atoms with E-state index < -0.39 is 0 Å². The molecule has 3 aromatic rings. The standard InChI is InChI=1S/C23H26N4O3/c1-16-10-11-17(2)20(13-16)24-23(28)27-12-6-7-18(14-27)22-25-21(30-26-22)15-29-19-8-4-3-5-9-19/h3-5,8-11,13,18H,6-7,12,14-15H2,1-2H3,(H,24,28). The summed E-state index contributed by atoms with van der Waals surface area (Å²) in [5.41, 5.74) is 3.01. The van der Waals surface area contributed by atoms with Gasteiger partial charge in [0.2, 0.25) is 0 Å². The van der Waals surface area contributed by atoms with Gasteiger partial charge in [-0.1, -0.05) is 35.5 Å². The third kappa shape index (κ3) is 4.79. The molecule has 1 fully saturated rings. The highest BCUT2D eigenvalue weighted by Crippen LogP contribution is 2.26. The number of amides is 2. The highest BCUT2D eigenvalue weighted by Gasteiger charge is 2.28. The minimum atomic E-state index is -0.0930. The van der Waals surface area contributed by atoms with Crippen molar-refractivity contribution in [2.24, 2.45) is 0 Å². The van der Waals surface area contributed by atoms with Crippen LogP contribution in [0.15, 0.2) is 53.1 Å². The van der Waals surface area contributed by atoms with Crippen molar-refractivity contribution in [3.63, 3.8) is 0 Å². The number of aromatic nitrogens is 2. The Balaban J connectivity index is 1.36. The summed E-state index contributed by atoms with van der Waals surface area (Å²) in [4.78, 5) is 19.1. The molecule has 2 aromatic carbocycles. The van der Waals surface area contributed by atoms with Gasteiger partial charge in [0, 0.05) is 24.7 Å². The van der Waals surface area contributed by atoms with Gasteiger partial charge in [0.05, 0.1) is 0 Å². The summed E-state index contributed by atoms with van der Waals surface area (Å²) in [6, 6.07) is 15.5. The van der Waals surface area contributed by atoms with Crippen LogP contribution in [-0.4, -0.2) is 34.2 Å². The van der Waals surface area contributed by atoms with Gasteiger partial charge in [-0.15, -0.1) is 0 Å². The second-order valence-electron chi connectivity index (χ2n) is 7.68. The minimum absolute atomic E-state index is 0.0531. The molecule has 0 bridgehead atoms. The van der Waals surface area contributed by atoms with Crippen molar-refractivity contribution in [1.29, 1.82) is 0 Å². The zero-order valence-corrected chi connectivity index (χ0v) is 17.3. The van der Waals surface area contributed by atoms with Crippen LogP contribution in [0.2, 0.25) is 0 Å². The number of carbonyl (C=O) groups is 1. The van der Waals surface area contributed by atoms with E-state index in [0.717, 1.165) is 42.0 Å². The number of anilines is 1. The van der Waals surface area contributed by atoms with Gasteiger partial charge in [-0.2, -0.15) is 4.98 Å². The number of rotatable bonds is 5. The molecule has 2 heterocycles. The average molecular weight is 406 g/mol. The van der Waals surface area contributed by atoms with Crippen molar-refractivity contribution in [3.8, 4) is 5.75 Å². The first-order chi connectivity index (χ1) is 14.6. The molecule has 1 aromatic heterocycles. The highest BCUT2D eigenvalue weighted by molar-refractivity contribution is 5.90. The zero-order chi connectivity index (χ0) is 20.9. The van der Waals surface area contributed by atoms with E-state index in [9.17, 15) is 4.79 Å². The smallest absolute Gasteiger partial charge is 0.321 e. The monoisotopic (exact) mass is 406 g/mol. The molecular formula is C23H26N4O3. The molecule has 4 rings (SSSR count). The Morgan fingerprint density at radius 1 is 1.23 bits per heavy atom. The number of urea groups is 1. The van der Waals surface area contributed by atoms with Crippen LogP contribution in [0.4, 0.5) is 10.5 Å². The number of nitrogens with zero attached hydrogens (tertiary/aromatic N) is 3. The summed E-state index contributed by atoms with van der Waals surface area (Å²) in [5.74, 6) is 1.87. The van der Waals surface area contributed by atoms with Crippen molar-refractivity contribution >= 4 is 11.7 Å². The second-order valence-corrected chi connectivity index (χ2v) is 7.68. The first-order valence-electron chi connectivity index (χ1n) is 10.2. The summed E-state index contributed by atoms with van der Waals surface area (Å²) in [6.07, 6.45) is 1.82. The molecule has 1 aliphatic rings. The lowest BCUT2D eigenvalue weighted by Crippen LogP contribution is -2.42. The van der Waals surface area contributed by atoms with Crippen LogP contribution in [-0.2, 0) is 6.61 Å². The SMILES string of the molecule is Cc1ccc(C)c(NC(=O)N2CCCC(c3noc(COc4ccccc4)n3)C2)c1. The van der Waals surface area contributed by atoms with Crippen molar-refractivity contribution in [1.82, 2.24) is 15.0 Å². The topological polar surface area (TPSA) is 80.5 Å². The van der Waals surface area contributed by atoms with Gasteiger partial charge >= 0.3 is 6.03 Å². The third-order valence-electron chi connectivity index (χ3n) is 5.30. The van der Waals surface area contributed by atoms with Crippen molar-refractivity contribution in [2.75, 3.05) is 18.4 Å². The molecule has 0 aliphatic carbocycles. The van der Waals surface area contributed by atoms with Gasteiger partial charge < -0.3 is 19.5 Å². The maximum Gasteiger partial charge on any atom is 0.321 e. The van der Waals surface area contributed by atoms with Crippen LogP contribution in [0.3, 0.4) is 0 Å². The highest BCUT2D eigenvalue weighted by atomic mass is 16.5. The van der Waals surface area contributed by atoms with Crippen LogP contribution < -0.4 is 10.1 Å². The Kier molecular flexibility index (Phi) is 5.97. The maximum atomic E-state index is 12.8. The summed E-state index contributed by atoms with van der Waals surface area (Å²) >= 11 is 0. The summed E-state index contributed by atoms with van der Waals surface area (Å²) < 4.78 is 11.0. The number of ether oxygens (including phenoxy) is 1. The Morgan fingerprint density at radius 2 is 2.07 bits per heavy atom. The zero-order valence-electron chi connectivity index (χ0n) is 17.3. The lowest BCUT2D eigenvalue weighted by Gasteiger charge is -2.31. The van der Waals surface area contributed by atoms with Gasteiger partial charge in [-0.3, -0.25) is 0 Å². The lowest BCUT2D eigenvalue weighted by molar-refractivity contribution is 0.190. The number of aryl methyl sites for hydroxylation is 2. The number of hydrogen-bond donors (Lipinski definition) is 1. The van der Waals surface area contributed by atoms with E-state index in [-0.39, 0.29) is 18.6 Å². The van der Waals surface area contributed by atoms with Crippen LogP contribution in [0.25, 0.3) is 0 Å². The van der Waals surface area contributed by atoms with Gasteiger partial charge in [0.15, 0.2) is 12.4 Å². The number of hydrogen-bond acceptors (Lipinski definition) is 5. The van der Waals surface area contributed by atoms with Crippen molar-refractivity contribution < 1.29 is 14.1 Å². The lowest BCUT2D eigenvalue weighted by atomic mass is 9.97. The first-order valence-corrected chi connectivity index (χ1v) is 10.2. The molecule has 0 saturated carbocycles. The average Bonchev–Trinajstić information content (AvgIpc) is 3.25. The fourth-order valence-corrected chi connectivity index (χ4v) is 3.59. The summed E-state index contributed by atoms with van der Waals surface area (Å²) in [5, 5.41) is 7.17. The van der Waals surface area contributed by atoms with E-state index in [1.807, 2.05) is 67.3 Å². The molecular weight excluding hydrogens is 380 g/mol. The van der Waals surface area contributed by atoms with E-state index >= 15 is 0 Å². The van der Waals surface area contributed by atoms with Gasteiger partial charge in [-0.25, -0.2) is 4.79 Å². The molecule has 7 nitrogen and oxygen atoms in total. The normalized spacial score (nSPS) is 16.3. The predicted octanol–water partition coefficient (Wildman–Crippen LogP) is 4.68. The van der Waals surface area contributed by atoms with Gasteiger partial charge in [0.1, 0.15) is 5.75 Å². The molecule has 2 amide bonds. The van der Waals surface area contributed by atoms with Gasteiger partial charge in [0.25, 0.3) is 5.89 Å². The van der Waals surface area contributed by atoms with E-state index in [2.05, 4.69) is 15.5 Å². The number of piperidine rings is 1. The minimum Gasteiger partial charge on any atom is -0.484 e. The van der Waals surface area contributed by atoms with E-state index in [1.165, 1.54) is 0 Å². The van der Waals surface area contributed by atoms with Crippen LogP contribution in [0.1, 0.15) is 41.6 Å². The van der Waals surface area contributed by atoms with E-state index in [1.54, 1.807) is 0 Å². The van der Waals surface area contributed by atoms with Crippen LogP contribution in [0, 0.1) is 13.8 Å². The van der Waals surface area contributed by atoms with Crippen molar-refractivity contribution in [3.05, 3.63) is 71.4 Å². The Hall–Kier alpha value is -3.35. The largest absolute Gasteiger partial charge is 0.484 e. The molecule has 1 saturated heterocycles. The number of likely N-dealkylation sites (tertiary alicyclic amines) is 1. The maximum absolute atomic E-state index is 12.8. The molecule has 1 N–H and O–H groups in total. The van der Waals surface area contributed by atoms with Crippen LogP contribution in [0.5, 0.6) is 5.75 Å². The number of nitrogens with one attached hydrogen (secondary N) is 1. The van der Waals surface area contributed by atoms with Gasteiger partial charge in [-0.05, 0) is 56.0 Å². The predicted molar refractivity (Wildman–Crippen MR) is 114 cm³/mol. The first kappa shape index (κ1) is 19.9. The Labute approximate surface area is 176 Å². The second kappa shape index (κ2) is 8.98. The fraction of sp³-hybridized carbons (Fsp3) is 0.348. The summed E-state index contributed by atoms with van der Waals surface area (Å²) in [7, 11) is 0. The third-order valence-corrected chi connectivity index (χ3v) is 5.30.